The zero-order valence-electron chi connectivity index (χ0n) is 19.6. The molecule has 1 atom stereocenters. The SMILES string of the molecule is CN1CCC(N(C)C(=O)CC[C@H]2CCCN(C(=O)CCCCc3ccccc3)C2)CC1. The molecule has 3 rings (SSSR count). The molecule has 2 saturated heterocycles. The summed E-state index contributed by atoms with van der Waals surface area (Å²) in [6, 6.07) is 10.9. The van der Waals surface area contributed by atoms with E-state index in [0.29, 0.717) is 30.7 Å². The lowest BCUT2D eigenvalue weighted by Crippen LogP contribution is -2.44. The third-order valence-corrected chi connectivity index (χ3v) is 7.22. The van der Waals surface area contributed by atoms with E-state index in [1.165, 1.54) is 5.56 Å². The van der Waals surface area contributed by atoms with Gasteiger partial charge in [-0.15, -0.1) is 0 Å². The van der Waals surface area contributed by atoms with Crippen molar-refractivity contribution in [2.75, 3.05) is 40.3 Å². The van der Waals surface area contributed by atoms with Crippen molar-refractivity contribution in [1.29, 1.82) is 0 Å². The Morgan fingerprint density at radius 2 is 1.74 bits per heavy atom. The maximum atomic E-state index is 12.7. The Balaban J connectivity index is 1.33. The van der Waals surface area contributed by atoms with Gasteiger partial charge in [0, 0.05) is 39.0 Å². The Bertz CT molecular complexity index is 685. The summed E-state index contributed by atoms with van der Waals surface area (Å²) in [5.74, 6) is 1.04. The van der Waals surface area contributed by atoms with Crippen LogP contribution in [0.15, 0.2) is 30.3 Å². The number of hydrogen-bond acceptors (Lipinski definition) is 3. The number of aryl methyl sites for hydroxylation is 1. The minimum Gasteiger partial charge on any atom is -0.343 e. The van der Waals surface area contributed by atoms with Crippen LogP contribution in [-0.2, 0) is 16.0 Å². The highest BCUT2D eigenvalue weighted by Gasteiger charge is 2.27. The molecule has 2 amide bonds. The lowest BCUT2D eigenvalue weighted by molar-refractivity contribution is -0.133. The molecular formula is C26H41N3O2. The highest BCUT2D eigenvalue weighted by Crippen LogP contribution is 2.23. The Kier molecular flexibility index (Phi) is 9.38. The van der Waals surface area contributed by atoms with E-state index in [2.05, 4.69) is 41.1 Å². The number of nitrogens with zero attached hydrogens (tertiary/aromatic N) is 3. The molecule has 1 aromatic carbocycles. The number of rotatable bonds is 9. The number of amides is 2. The van der Waals surface area contributed by atoms with Gasteiger partial charge in [-0.3, -0.25) is 9.59 Å². The van der Waals surface area contributed by atoms with Crippen molar-refractivity contribution in [1.82, 2.24) is 14.7 Å². The standard InChI is InChI=1S/C26H41N3O2/c1-27-19-16-24(17-20-27)28(2)25(30)15-14-23-12-8-18-29(21-23)26(31)13-7-6-11-22-9-4-3-5-10-22/h3-5,9-10,23-24H,6-8,11-21H2,1-2H3/t23-/m1/s1. The van der Waals surface area contributed by atoms with Crippen LogP contribution < -0.4 is 0 Å². The molecule has 0 aliphatic carbocycles. The van der Waals surface area contributed by atoms with Crippen LogP contribution in [-0.4, -0.2) is 72.8 Å². The summed E-state index contributed by atoms with van der Waals surface area (Å²) in [5, 5.41) is 0. The fourth-order valence-electron chi connectivity index (χ4n) is 5.03. The highest BCUT2D eigenvalue weighted by atomic mass is 16.2. The summed E-state index contributed by atoms with van der Waals surface area (Å²) in [6.45, 7) is 3.88. The van der Waals surface area contributed by atoms with Crippen LogP contribution in [0.1, 0.15) is 63.4 Å². The molecule has 0 N–H and O–H groups in total. The van der Waals surface area contributed by atoms with Gasteiger partial charge in [0.05, 0.1) is 0 Å². The molecule has 0 radical (unpaired) electrons. The molecule has 2 fully saturated rings. The van der Waals surface area contributed by atoms with Crippen molar-refractivity contribution in [3.05, 3.63) is 35.9 Å². The maximum Gasteiger partial charge on any atom is 0.222 e. The first-order chi connectivity index (χ1) is 15.0. The third kappa shape index (κ3) is 7.64. The maximum absolute atomic E-state index is 12.7. The Morgan fingerprint density at radius 3 is 2.48 bits per heavy atom. The van der Waals surface area contributed by atoms with Crippen LogP contribution in [0.2, 0.25) is 0 Å². The fraction of sp³-hybridized carbons (Fsp3) is 0.692. The lowest BCUT2D eigenvalue weighted by Gasteiger charge is -2.36. The minimum absolute atomic E-state index is 0.277. The molecule has 172 valence electrons. The molecule has 5 heteroatoms. The number of benzene rings is 1. The van der Waals surface area contributed by atoms with Gasteiger partial charge in [0.15, 0.2) is 0 Å². The number of hydrogen-bond donors (Lipinski definition) is 0. The quantitative estimate of drug-likeness (QED) is 0.560. The third-order valence-electron chi connectivity index (χ3n) is 7.22. The van der Waals surface area contributed by atoms with Crippen LogP contribution >= 0.6 is 0 Å². The van der Waals surface area contributed by atoms with E-state index in [1.54, 1.807) is 0 Å². The van der Waals surface area contributed by atoms with E-state index >= 15 is 0 Å². The fourth-order valence-corrected chi connectivity index (χ4v) is 5.03. The predicted molar refractivity (Wildman–Crippen MR) is 126 cm³/mol. The summed E-state index contributed by atoms with van der Waals surface area (Å²) in [4.78, 5) is 31.8. The largest absolute Gasteiger partial charge is 0.343 e. The van der Waals surface area contributed by atoms with Gasteiger partial charge in [0.2, 0.25) is 11.8 Å². The average molecular weight is 428 g/mol. The van der Waals surface area contributed by atoms with Crippen LogP contribution in [0.3, 0.4) is 0 Å². The summed E-state index contributed by atoms with van der Waals surface area (Å²) in [5.41, 5.74) is 1.35. The Hall–Kier alpha value is -1.88. The topological polar surface area (TPSA) is 43.9 Å². The summed E-state index contributed by atoms with van der Waals surface area (Å²) >= 11 is 0. The van der Waals surface area contributed by atoms with E-state index < -0.39 is 0 Å². The van der Waals surface area contributed by atoms with Crippen molar-refractivity contribution >= 4 is 11.8 Å². The Morgan fingerprint density at radius 1 is 1.00 bits per heavy atom. The predicted octanol–water partition coefficient (Wildman–Crippen LogP) is 3.97. The molecule has 2 heterocycles. The molecule has 5 nitrogen and oxygen atoms in total. The van der Waals surface area contributed by atoms with E-state index in [4.69, 9.17) is 0 Å². The van der Waals surface area contributed by atoms with Gasteiger partial charge in [-0.2, -0.15) is 0 Å². The second kappa shape index (κ2) is 12.2. The van der Waals surface area contributed by atoms with Crippen molar-refractivity contribution < 1.29 is 9.59 Å². The smallest absolute Gasteiger partial charge is 0.222 e. The molecule has 0 spiro atoms. The van der Waals surface area contributed by atoms with E-state index in [0.717, 1.165) is 77.5 Å². The second-order valence-corrected chi connectivity index (χ2v) is 9.62. The molecule has 0 bridgehead atoms. The van der Waals surface area contributed by atoms with Gasteiger partial charge in [-0.25, -0.2) is 0 Å². The first kappa shape index (κ1) is 23.8. The van der Waals surface area contributed by atoms with Crippen LogP contribution in [0.4, 0.5) is 0 Å². The zero-order chi connectivity index (χ0) is 22.1. The summed E-state index contributed by atoms with van der Waals surface area (Å²) < 4.78 is 0. The van der Waals surface area contributed by atoms with Gasteiger partial charge in [-0.05, 0) is 83.0 Å². The molecule has 2 aliphatic heterocycles. The zero-order valence-corrected chi connectivity index (χ0v) is 19.6. The van der Waals surface area contributed by atoms with Gasteiger partial charge in [-0.1, -0.05) is 30.3 Å². The average Bonchev–Trinajstić information content (AvgIpc) is 2.81. The van der Waals surface area contributed by atoms with Gasteiger partial charge in [0.1, 0.15) is 0 Å². The van der Waals surface area contributed by atoms with Crippen molar-refractivity contribution in [3.8, 4) is 0 Å². The Labute approximate surface area is 188 Å². The van der Waals surface area contributed by atoms with Crippen molar-refractivity contribution in [2.24, 2.45) is 5.92 Å². The van der Waals surface area contributed by atoms with E-state index in [1.807, 2.05) is 18.0 Å². The minimum atomic E-state index is 0.277. The number of likely N-dealkylation sites (tertiary alicyclic amines) is 2. The number of unbranched alkanes of at least 4 members (excludes halogenated alkanes) is 1. The number of carbonyl (C=O) groups is 2. The molecule has 2 aliphatic rings. The summed E-state index contributed by atoms with van der Waals surface area (Å²) in [7, 11) is 4.13. The van der Waals surface area contributed by atoms with E-state index in [9.17, 15) is 9.59 Å². The van der Waals surface area contributed by atoms with Crippen molar-refractivity contribution in [2.45, 2.75) is 70.3 Å². The molecule has 0 unspecified atom stereocenters. The van der Waals surface area contributed by atoms with Crippen LogP contribution in [0, 0.1) is 5.92 Å². The van der Waals surface area contributed by atoms with Gasteiger partial charge in [0.25, 0.3) is 0 Å². The molecule has 1 aromatic rings. The highest BCUT2D eigenvalue weighted by molar-refractivity contribution is 5.77. The molecule has 31 heavy (non-hydrogen) atoms. The van der Waals surface area contributed by atoms with E-state index in [-0.39, 0.29) is 5.91 Å². The normalized spacial score (nSPS) is 20.6. The lowest BCUT2D eigenvalue weighted by atomic mass is 9.92. The van der Waals surface area contributed by atoms with Gasteiger partial charge < -0.3 is 14.7 Å². The second-order valence-electron chi connectivity index (χ2n) is 9.62. The molecular weight excluding hydrogens is 386 g/mol. The van der Waals surface area contributed by atoms with Crippen molar-refractivity contribution in [3.63, 3.8) is 0 Å². The number of piperidine rings is 2. The first-order valence-electron chi connectivity index (χ1n) is 12.3. The summed E-state index contributed by atoms with van der Waals surface area (Å²) in [6.07, 6.45) is 9.60. The monoisotopic (exact) mass is 427 g/mol. The van der Waals surface area contributed by atoms with Crippen LogP contribution in [0.5, 0.6) is 0 Å². The first-order valence-corrected chi connectivity index (χ1v) is 12.3. The molecule has 0 saturated carbocycles. The van der Waals surface area contributed by atoms with Crippen LogP contribution in [0.25, 0.3) is 0 Å². The number of carbonyl (C=O) groups excluding carboxylic acids is 2. The molecule has 0 aromatic heterocycles. The van der Waals surface area contributed by atoms with Gasteiger partial charge >= 0.3 is 0 Å².